The predicted octanol–water partition coefficient (Wildman–Crippen LogP) is 17.6. The lowest BCUT2D eigenvalue weighted by molar-refractivity contribution is -0.167. The normalized spacial score (nSPS) is 12.5. The SMILES string of the molecule is CC\C=C/C=C\C=C/C=C\CCCCCCCC(=O)OC(COC(=O)CCCCCCC/C=C\CCCCC)COC(=O)CCCCCCCCCCCCCCCCCCCC. The highest BCUT2D eigenvalue weighted by Crippen LogP contribution is 2.16. The lowest BCUT2D eigenvalue weighted by Gasteiger charge is -2.18. The average molecular weight is 881 g/mol. The first-order valence-corrected chi connectivity index (χ1v) is 26.8. The Bertz CT molecular complexity index is 1150. The zero-order chi connectivity index (χ0) is 45.8. The molecule has 1 atom stereocenters. The van der Waals surface area contributed by atoms with Crippen LogP contribution in [0.25, 0.3) is 0 Å². The Labute approximate surface area is 390 Å². The molecule has 63 heavy (non-hydrogen) atoms. The molecule has 0 N–H and O–H groups in total. The third kappa shape index (κ3) is 50.0. The minimum atomic E-state index is -0.787. The Kier molecular flexibility index (Phi) is 49.4. The van der Waals surface area contributed by atoms with Gasteiger partial charge in [-0.15, -0.1) is 0 Å². The molecule has 0 rings (SSSR count). The molecule has 0 aliphatic rings. The summed E-state index contributed by atoms with van der Waals surface area (Å²) in [7, 11) is 0. The monoisotopic (exact) mass is 881 g/mol. The lowest BCUT2D eigenvalue weighted by Crippen LogP contribution is -2.30. The second-order valence-electron chi connectivity index (χ2n) is 17.9. The van der Waals surface area contributed by atoms with Gasteiger partial charge >= 0.3 is 17.9 Å². The quantitative estimate of drug-likeness (QED) is 0.0199. The highest BCUT2D eigenvalue weighted by atomic mass is 16.6. The summed E-state index contributed by atoms with van der Waals surface area (Å²) in [6.07, 6.45) is 63.5. The van der Waals surface area contributed by atoms with Crippen LogP contribution in [0.4, 0.5) is 0 Å². The zero-order valence-corrected chi connectivity index (χ0v) is 41.6. The summed E-state index contributed by atoms with van der Waals surface area (Å²) in [5.41, 5.74) is 0. The molecule has 364 valence electrons. The molecule has 0 spiro atoms. The van der Waals surface area contributed by atoms with Crippen molar-refractivity contribution in [2.24, 2.45) is 0 Å². The van der Waals surface area contributed by atoms with Crippen LogP contribution in [0.1, 0.15) is 265 Å². The Morgan fingerprint density at radius 2 is 0.635 bits per heavy atom. The molecule has 1 unspecified atom stereocenters. The van der Waals surface area contributed by atoms with Gasteiger partial charge in [0.25, 0.3) is 0 Å². The van der Waals surface area contributed by atoms with Crippen LogP contribution in [0.3, 0.4) is 0 Å². The molecule has 0 aromatic carbocycles. The third-order valence-corrected chi connectivity index (χ3v) is 11.6. The van der Waals surface area contributed by atoms with Crippen LogP contribution >= 0.6 is 0 Å². The van der Waals surface area contributed by atoms with Crippen molar-refractivity contribution >= 4 is 17.9 Å². The van der Waals surface area contributed by atoms with E-state index in [-0.39, 0.29) is 31.1 Å². The number of hydrogen-bond acceptors (Lipinski definition) is 6. The highest BCUT2D eigenvalue weighted by molar-refractivity contribution is 5.71. The van der Waals surface area contributed by atoms with Crippen LogP contribution in [-0.2, 0) is 28.6 Å². The first kappa shape index (κ1) is 60.1. The Morgan fingerprint density at radius 1 is 0.333 bits per heavy atom. The van der Waals surface area contributed by atoms with Crippen molar-refractivity contribution in [1.29, 1.82) is 0 Å². The van der Waals surface area contributed by atoms with E-state index >= 15 is 0 Å². The molecule has 0 radical (unpaired) electrons. The molecule has 6 heteroatoms. The smallest absolute Gasteiger partial charge is 0.306 e. The van der Waals surface area contributed by atoms with Gasteiger partial charge in [-0.05, 0) is 64.2 Å². The topological polar surface area (TPSA) is 78.9 Å². The van der Waals surface area contributed by atoms with Gasteiger partial charge in [-0.25, -0.2) is 0 Å². The van der Waals surface area contributed by atoms with Crippen molar-refractivity contribution in [3.05, 3.63) is 60.8 Å². The second-order valence-corrected chi connectivity index (χ2v) is 17.9. The molecule has 6 nitrogen and oxygen atoms in total. The van der Waals surface area contributed by atoms with Gasteiger partial charge < -0.3 is 14.2 Å². The molecule has 0 aliphatic carbocycles. The van der Waals surface area contributed by atoms with E-state index in [0.29, 0.717) is 19.3 Å². The maximum Gasteiger partial charge on any atom is 0.306 e. The van der Waals surface area contributed by atoms with E-state index < -0.39 is 6.10 Å². The average Bonchev–Trinajstić information content (AvgIpc) is 3.28. The van der Waals surface area contributed by atoms with Gasteiger partial charge in [0, 0.05) is 19.3 Å². The summed E-state index contributed by atoms with van der Waals surface area (Å²) in [6.45, 7) is 6.47. The summed E-state index contributed by atoms with van der Waals surface area (Å²) < 4.78 is 16.8. The number of allylic oxidation sites excluding steroid dienone is 10. The Hall–Kier alpha value is -2.89. The summed E-state index contributed by atoms with van der Waals surface area (Å²) >= 11 is 0. The molecule has 0 aliphatic heterocycles. The summed E-state index contributed by atoms with van der Waals surface area (Å²) in [5, 5.41) is 0. The first-order chi connectivity index (χ1) is 31.0. The largest absolute Gasteiger partial charge is 0.462 e. The van der Waals surface area contributed by atoms with Crippen molar-refractivity contribution in [3.8, 4) is 0 Å². The van der Waals surface area contributed by atoms with E-state index in [1.54, 1.807) is 0 Å². The van der Waals surface area contributed by atoms with E-state index in [4.69, 9.17) is 14.2 Å². The summed E-state index contributed by atoms with van der Waals surface area (Å²) in [6, 6.07) is 0. The van der Waals surface area contributed by atoms with Crippen LogP contribution in [0.2, 0.25) is 0 Å². The molecule has 0 saturated heterocycles. The lowest BCUT2D eigenvalue weighted by atomic mass is 10.0. The van der Waals surface area contributed by atoms with Gasteiger partial charge in [0.1, 0.15) is 13.2 Å². The van der Waals surface area contributed by atoms with Crippen LogP contribution < -0.4 is 0 Å². The number of hydrogen-bond donors (Lipinski definition) is 0. The molecule has 0 fully saturated rings. The maximum absolute atomic E-state index is 12.8. The molecular weight excluding hydrogens is 781 g/mol. The van der Waals surface area contributed by atoms with E-state index in [9.17, 15) is 14.4 Å². The van der Waals surface area contributed by atoms with Crippen molar-refractivity contribution < 1.29 is 28.6 Å². The van der Waals surface area contributed by atoms with Gasteiger partial charge in [-0.3, -0.25) is 14.4 Å². The number of carbonyl (C=O) groups excluding carboxylic acids is 3. The molecular formula is C57H100O6. The fraction of sp³-hybridized carbons (Fsp3) is 0.772. The number of unbranched alkanes of at least 4 members (excludes halogenated alkanes) is 30. The van der Waals surface area contributed by atoms with Gasteiger partial charge in [0.05, 0.1) is 0 Å². The number of ether oxygens (including phenoxy) is 3. The van der Waals surface area contributed by atoms with E-state index in [0.717, 1.165) is 89.9 Å². The maximum atomic E-state index is 12.8. The molecule has 0 saturated carbocycles. The predicted molar refractivity (Wildman–Crippen MR) is 270 cm³/mol. The molecule has 0 aromatic heterocycles. The van der Waals surface area contributed by atoms with Crippen LogP contribution in [-0.4, -0.2) is 37.2 Å². The van der Waals surface area contributed by atoms with Crippen molar-refractivity contribution in [3.63, 3.8) is 0 Å². The first-order valence-electron chi connectivity index (χ1n) is 26.8. The number of carbonyl (C=O) groups is 3. The van der Waals surface area contributed by atoms with Gasteiger partial charge in [-0.2, -0.15) is 0 Å². The van der Waals surface area contributed by atoms with Crippen molar-refractivity contribution in [2.75, 3.05) is 13.2 Å². The molecule has 0 heterocycles. The summed E-state index contributed by atoms with van der Waals surface area (Å²) in [4.78, 5) is 38.0. The van der Waals surface area contributed by atoms with Gasteiger partial charge in [0.15, 0.2) is 6.10 Å². The van der Waals surface area contributed by atoms with E-state index in [2.05, 4.69) is 63.3 Å². The zero-order valence-electron chi connectivity index (χ0n) is 41.6. The van der Waals surface area contributed by atoms with Crippen molar-refractivity contribution in [2.45, 2.75) is 271 Å². The third-order valence-electron chi connectivity index (χ3n) is 11.6. The second kappa shape index (κ2) is 51.7. The molecule has 0 aromatic rings. The highest BCUT2D eigenvalue weighted by Gasteiger charge is 2.19. The fourth-order valence-corrected chi connectivity index (χ4v) is 7.57. The van der Waals surface area contributed by atoms with Crippen LogP contribution in [0, 0.1) is 0 Å². The Morgan fingerprint density at radius 3 is 1.05 bits per heavy atom. The van der Waals surface area contributed by atoms with Crippen molar-refractivity contribution in [1.82, 2.24) is 0 Å². The minimum Gasteiger partial charge on any atom is -0.462 e. The minimum absolute atomic E-state index is 0.0845. The van der Waals surface area contributed by atoms with Gasteiger partial charge in [0.2, 0.25) is 0 Å². The van der Waals surface area contributed by atoms with E-state index in [1.165, 1.54) is 135 Å². The van der Waals surface area contributed by atoms with Gasteiger partial charge in [-0.1, -0.05) is 242 Å². The summed E-state index contributed by atoms with van der Waals surface area (Å²) in [5.74, 6) is -0.910. The van der Waals surface area contributed by atoms with E-state index in [1.807, 2.05) is 18.2 Å². The fourth-order valence-electron chi connectivity index (χ4n) is 7.57. The van der Waals surface area contributed by atoms with Crippen LogP contribution in [0.15, 0.2) is 60.8 Å². The number of rotatable bonds is 48. The molecule has 0 bridgehead atoms. The molecule has 0 amide bonds. The Balaban J connectivity index is 4.37. The van der Waals surface area contributed by atoms with Crippen LogP contribution in [0.5, 0.6) is 0 Å². The standard InChI is InChI=1S/C57H100O6/c1-4-7-10-13-16-19-22-25-27-28-29-31-32-35-38-41-44-47-50-56(59)62-53-54(52-61-55(58)49-46-43-40-37-34-24-21-18-15-12-9-6-3)63-57(60)51-48-45-42-39-36-33-30-26-23-20-17-14-11-8-5-2/h8,11,14,17-18,20-21,23,26,30,54H,4-7,9-10,12-13,15-16,19,22,24-25,27-29,31-53H2,1-3H3/b11-8-,17-14-,21-18-,23-20-,30-26-. The number of esters is 3.